The number of imidazole rings is 1. The number of hydrogen-bond acceptors (Lipinski definition) is 6. The fraction of sp³-hybridized carbons (Fsp3) is 0.133. The number of carbonyl (C=O) groups is 1. The monoisotopic (exact) mass is 326 g/mol. The molecule has 0 N–H and O–H groups in total. The van der Waals surface area contributed by atoms with Gasteiger partial charge in [-0.1, -0.05) is 0 Å². The van der Waals surface area contributed by atoms with Gasteiger partial charge in [-0.05, 0) is 30.0 Å². The van der Waals surface area contributed by atoms with Crippen LogP contribution in [0.5, 0.6) is 0 Å². The summed E-state index contributed by atoms with van der Waals surface area (Å²) in [6.07, 6.45) is 8.33. The van der Waals surface area contributed by atoms with Gasteiger partial charge in [0.1, 0.15) is 5.69 Å². The van der Waals surface area contributed by atoms with Gasteiger partial charge in [0.2, 0.25) is 0 Å². The average molecular weight is 326 g/mol. The van der Waals surface area contributed by atoms with E-state index < -0.39 is 0 Å². The van der Waals surface area contributed by atoms with Crippen LogP contribution in [0.25, 0.3) is 0 Å². The Bertz CT molecular complexity index is 805. The summed E-state index contributed by atoms with van der Waals surface area (Å²) >= 11 is 1.31. The van der Waals surface area contributed by atoms with E-state index in [1.54, 1.807) is 54.7 Å². The highest BCUT2D eigenvalue weighted by Gasteiger charge is 2.19. The molecule has 0 bridgehead atoms. The Morgan fingerprint density at radius 1 is 1.22 bits per heavy atom. The quantitative estimate of drug-likeness (QED) is 0.683. The number of amides is 1. The van der Waals surface area contributed by atoms with Crippen molar-refractivity contribution in [1.29, 1.82) is 0 Å². The summed E-state index contributed by atoms with van der Waals surface area (Å²) in [5, 5.41) is 1.24. The van der Waals surface area contributed by atoms with Crippen molar-refractivity contribution >= 4 is 23.4 Å². The molecule has 0 unspecified atom stereocenters. The SMILES string of the molecule is CN(C(=O)c1cn(C)c(Sc2ncccn2)n1)c1cccnc1. The predicted molar refractivity (Wildman–Crippen MR) is 86.3 cm³/mol. The van der Waals surface area contributed by atoms with E-state index in [9.17, 15) is 4.79 Å². The molecule has 1 amide bonds. The minimum Gasteiger partial charge on any atom is -0.328 e. The zero-order valence-electron chi connectivity index (χ0n) is 12.6. The van der Waals surface area contributed by atoms with Crippen LogP contribution in [0.1, 0.15) is 10.5 Å². The van der Waals surface area contributed by atoms with Crippen LogP contribution in [0, 0.1) is 0 Å². The average Bonchev–Trinajstić information content (AvgIpc) is 2.96. The summed E-state index contributed by atoms with van der Waals surface area (Å²) < 4.78 is 1.78. The van der Waals surface area contributed by atoms with Gasteiger partial charge in [0.25, 0.3) is 5.91 Å². The third kappa shape index (κ3) is 3.37. The van der Waals surface area contributed by atoms with Crippen molar-refractivity contribution in [3.05, 3.63) is 54.9 Å². The summed E-state index contributed by atoms with van der Waals surface area (Å²) in [7, 11) is 3.53. The largest absolute Gasteiger partial charge is 0.328 e. The number of hydrogen-bond donors (Lipinski definition) is 0. The number of aryl methyl sites for hydroxylation is 1. The molecule has 0 saturated carbocycles. The van der Waals surface area contributed by atoms with Crippen molar-refractivity contribution < 1.29 is 4.79 Å². The Balaban J connectivity index is 1.81. The number of pyridine rings is 1. The van der Waals surface area contributed by atoms with Crippen molar-refractivity contribution in [1.82, 2.24) is 24.5 Å². The molecule has 3 aromatic heterocycles. The molecule has 3 heterocycles. The molecule has 116 valence electrons. The summed E-state index contributed by atoms with van der Waals surface area (Å²) in [6, 6.07) is 5.35. The van der Waals surface area contributed by atoms with Crippen LogP contribution in [0.15, 0.2) is 59.5 Å². The van der Waals surface area contributed by atoms with E-state index in [1.807, 2.05) is 13.1 Å². The fourth-order valence-corrected chi connectivity index (χ4v) is 2.64. The van der Waals surface area contributed by atoms with E-state index in [1.165, 1.54) is 16.7 Å². The Morgan fingerprint density at radius 2 is 2.00 bits per heavy atom. The maximum Gasteiger partial charge on any atom is 0.278 e. The first-order valence-corrected chi connectivity index (χ1v) is 7.63. The van der Waals surface area contributed by atoms with E-state index in [4.69, 9.17) is 0 Å². The molecular formula is C15H14N6OS. The molecule has 0 aliphatic heterocycles. The first-order valence-electron chi connectivity index (χ1n) is 6.81. The first kappa shape index (κ1) is 15.2. The minimum absolute atomic E-state index is 0.200. The third-order valence-electron chi connectivity index (χ3n) is 3.12. The maximum atomic E-state index is 12.5. The molecule has 0 spiro atoms. The topological polar surface area (TPSA) is 76.8 Å². The van der Waals surface area contributed by atoms with E-state index in [0.29, 0.717) is 21.7 Å². The van der Waals surface area contributed by atoms with Crippen LogP contribution in [0.4, 0.5) is 5.69 Å². The van der Waals surface area contributed by atoms with Crippen LogP contribution in [-0.2, 0) is 7.05 Å². The summed E-state index contributed by atoms with van der Waals surface area (Å²) in [5.41, 5.74) is 1.07. The molecular weight excluding hydrogens is 312 g/mol. The normalized spacial score (nSPS) is 10.5. The van der Waals surface area contributed by atoms with Gasteiger partial charge in [-0.2, -0.15) is 0 Å². The number of rotatable bonds is 4. The number of nitrogens with zero attached hydrogens (tertiary/aromatic N) is 6. The Hall–Kier alpha value is -2.74. The van der Waals surface area contributed by atoms with Gasteiger partial charge in [-0.25, -0.2) is 15.0 Å². The van der Waals surface area contributed by atoms with E-state index >= 15 is 0 Å². The molecule has 0 aliphatic rings. The van der Waals surface area contributed by atoms with Crippen LogP contribution in [0.2, 0.25) is 0 Å². The van der Waals surface area contributed by atoms with E-state index in [0.717, 1.165) is 0 Å². The maximum absolute atomic E-state index is 12.5. The number of anilines is 1. The predicted octanol–water partition coefficient (Wildman–Crippen LogP) is 2.03. The van der Waals surface area contributed by atoms with Gasteiger partial charge >= 0.3 is 0 Å². The molecule has 8 heteroatoms. The van der Waals surface area contributed by atoms with Crippen molar-refractivity contribution in [2.45, 2.75) is 10.3 Å². The Labute approximate surface area is 137 Å². The highest BCUT2D eigenvalue weighted by molar-refractivity contribution is 7.99. The van der Waals surface area contributed by atoms with E-state index in [-0.39, 0.29) is 5.91 Å². The van der Waals surface area contributed by atoms with Crippen molar-refractivity contribution in [2.24, 2.45) is 7.05 Å². The third-order valence-corrected chi connectivity index (χ3v) is 4.07. The lowest BCUT2D eigenvalue weighted by Crippen LogP contribution is -2.26. The second-order valence-electron chi connectivity index (χ2n) is 4.73. The molecule has 3 rings (SSSR count). The van der Waals surface area contributed by atoms with Crippen molar-refractivity contribution in [3.63, 3.8) is 0 Å². The van der Waals surface area contributed by atoms with Gasteiger partial charge in [-0.3, -0.25) is 9.78 Å². The van der Waals surface area contributed by atoms with Crippen LogP contribution in [0.3, 0.4) is 0 Å². The zero-order valence-corrected chi connectivity index (χ0v) is 13.4. The van der Waals surface area contributed by atoms with Crippen molar-refractivity contribution in [2.75, 3.05) is 11.9 Å². The van der Waals surface area contributed by atoms with Gasteiger partial charge in [0, 0.05) is 38.9 Å². The Morgan fingerprint density at radius 3 is 2.70 bits per heavy atom. The first-order chi connectivity index (χ1) is 11.1. The van der Waals surface area contributed by atoms with Gasteiger partial charge in [-0.15, -0.1) is 0 Å². The standard InChI is InChI=1S/C15H14N6OS/c1-20-10-12(13(22)21(2)11-5-3-6-16-9-11)19-15(20)23-14-17-7-4-8-18-14/h3-10H,1-2H3. The smallest absolute Gasteiger partial charge is 0.278 e. The second-order valence-corrected chi connectivity index (χ2v) is 5.66. The van der Waals surface area contributed by atoms with Gasteiger partial charge in [0.15, 0.2) is 10.3 Å². The molecule has 0 radical (unpaired) electrons. The molecule has 7 nitrogen and oxygen atoms in total. The van der Waals surface area contributed by atoms with Crippen molar-refractivity contribution in [3.8, 4) is 0 Å². The van der Waals surface area contributed by atoms with Gasteiger partial charge in [0.05, 0.1) is 11.9 Å². The molecule has 23 heavy (non-hydrogen) atoms. The molecule has 0 atom stereocenters. The highest BCUT2D eigenvalue weighted by Crippen LogP contribution is 2.23. The van der Waals surface area contributed by atoms with Crippen LogP contribution in [-0.4, -0.2) is 37.5 Å². The molecule has 0 aromatic carbocycles. The Kier molecular flexibility index (Phi) is 4.33. The highest BCUT2D eigenvalue weighted by atomic mass is 32.2. The lowest BCUT2D eigenvalue weighted by atomic mass is 10.3. The van der Waals surface area contributed by atoms with Crippen LogP contribution >= 0.6 is 11.8 Å². The van der Waals surface area contributed by atoms with Crippen LogP contribution < -0.4 is 4.90 Å². The second kappa shape index (κ2) is 6.57. The van der Waals surface area contributed by atoms with E-state index in [2.05, 4.69) is 19.9 Å². The molecule has 0 aliphatic carbocycles. The molecule has 0 fully saturated rings. The lowest BCUT2D eigenvalue weighted by molar-refractivity contribution is 0.0988. The molecule has 3 aromatic rings. The zero-order chi connectivity index (χ0) is 16.2. The number of carbonyl (C=O) groups excluding carboxylic acids is 1. The summed E-state index contributed by atoms with van der Waals surface area (Å²) in [6.45, 7) is 0. The lowest BCUT2D eigenvalue weighted by Gasteiger charge is -2.14. The molecule has 0 saturated heterocycles. The summed E-state index contributed by atoms with van der Waals surface area (Å²) in [5.74, 6) is -0.200. The summed E-state index contributed by atoms with van der Waals surface area (Å²) in [4.78, 5) is 30.8. The van der Waals surface area contributed by atoms with Gasteiger partial charge < -0.3 is 9.47 Å². The fourth-order valence-electron chi connectivity index (χ4n) is 1.91. The minimum atomic E-state index is -0.200. The number of aromatic nitrogens is 5.